The summed E-state index contributed by atoms with van der Waals surface area (Å²) in [6.45, 7) is 3.59. The molecule has 4 aromatic rings. The maximum atomic E-state index is 13.6. The molecule has 35 heavy (non-hydrogen) atoms. The Bertz CT molecular complexity index is 1550. The fraction of sp³-hybridized carbons (Fsp3) is 0.269. The van der Waals surface area contributed by atoms with Crippen LogP contribution in [0.1, 0.15) is 58.8 Å². The van der Waals surface area contributed by atoms with Gasteiger partial charge in [0.2, 0.25) is 0 Å². The van der Waals surface area contributed by atoms with Crippen LogP contribution in [0.25, 0.3) is 11.0 Å². The van der Waals surface area contributed by atoms with E-state index in [1.807, 2.05) is 23.8 Å². The minimum atomic E-state index is -3.83. The summed E-state index contributed by atoms with van der Waals surface area (Å²) in [4.78, 5) is 22.4. The molecule has 0 aliphatic heterocycles. The van der Waals surface area contributed by atoms with E-state index in [0.717, 1.165) is 31.2 Å². The molecular formula is C26H27N5O3S. The van der Waals surface area contributed by atoms with Crippen molar-refractivity contribution in [2.24, 2.45) is 0 Å². The zero-order valence-electron chi connectivity index (χ0n) is 19.7. The molecule has 180 valence electrons. The molecule has 0 unspecified atom stereocenters. The van der Waals surface area contributed by atoms with Gasteiger partial charge < -0.3 is 10.3 Å². The Morgan fingerprint density at radius 1 is 1.09 bits per heavy atom. The number of carbonyl (C=O) groups excluding carboxylic acids is 1. The van der Waals surface area contributed by atoms with Crippen molar-refractivity contribution in [1.29, 1.82) is 0 Å². The summed E-state index contributed by atoms with van der Waals surface area (Å²) in [6, 6.07) is 12.0. The lowest BCUT2D eigenvalue weighted by Gasteiger charge is -2.12. The summed E-state index contributed by atoms with van der Waals surface area (Å²) < 4.78 is 30.8. The van der Waals surface area contributed by atoms with E-state index in [2.05, 4.69) is 14.7 Å². The van der Waals surface area contributed by atoms with E-state index >= 15 is 0 Å². The third kappa shape index (κ3) is 4.27. The molecule has 2 aromatic heterocycles. The predicted octanol–water partition coefficient (Wildman–Crippen LogP) is 4.78. The number of fused-ring (bicyclic) bond motifs is 1. The molecule has 0 amide bonds. The number of anilines is 2. The molecule has 0 saturated heterocycles. The molecule has 5 rings (SSSR count). The molecule has 8 nitrogen and oxygen atoms in total. The number of nitrogen functional groups attached to an aromatic ring is 1. The Kier molecular flexibility index (Phi) is 5.80. The SMILES string of the molecule is Cc1ccc(C)c(S(=O)(=O)Nc2cccc(C(=O)c3cn(C4CCCC4)c4ncnc(N)c34)c2)c1. The van der Waals surface area contributed by atoms with Gasteiger partial charge in [0.05, 0.1) is 15.8 Å². The maximum Gasteiger partial charge on any atom is 0.262 e. The van der Waals surface area contributed by atoms with Crippen LogP contribution in [0.3, 0.4) is 0 Å². The first kappa shape index (κ1) is 23.0. The van der Waals surface area contributed by atoms with E-state index in [1.54, 1.807) is 43.3 Å². The third-order valence-electron chi connectivity index (χ3n) is 6.61. The summed E-state index contributed by atoms with van der Waals surface area (Å²) in [5.74, 6) is -0.0112. The average molecular weight is 490 g/mol. The Hall–Kier alpha value is -3.72. The molecule has 0 atom stereocenters. The molecule has 1 aliphatic rings. The molecular weight excluding hydrogens is 462 g/mol. The third-order valence-corrected chi connectivity index (χ3v) is 8.13. The Morgan fingerprint density at radius 3 is 2.63 bits per heavy atom. The lowest BCUT2D eigenvalue weighted by molar-refractivity contribution is 0.104. The van der Waals surface area contributed by atoms with Crippen molar-refractivity contribution < 1.29 is 13.2 Å². The van der Waals surface area contributed by atoms with Crippen LogP contribution in [0, 0.1) is 13.8 Å². The Labute approximate surface area is 204 Å². The van der Waals surface area contributed by atoms with Gasteiger partial charge in [0.25, 0.3) is 10.0 Å². The minimum Gasteiger partial charge on any atom is -0.383 e. The first-order chi connectivity index (χ1) is 16.7. The van der Waals surface area contributed by atoms with Crippen LogP contribution in [0.15, 0.2) is 59.9 Å². The fourth-order valence-corrected chi connectivity index (χ4v) is 6.21. The van der Waals surface area contributed by atoms with E-state index in [4.69, 9.17) is 5.73 Å². The monoisotopic (exact) mass is 489 g/mol. The number of hydrogen-bond acceptors (Lipinski definition) is 6. The number of aromatic nitrogens is 3. The highest BCUT2D eigenvalue weighted by atomic mass is 32.2. The van der Waals surface area contributed by atoms with Crippen LogP contribution in [0.2, 0.25) is 0 Å². The highest BCUT2D eigenvalue weighted by Crippen LogP contribution is 2.35. The van der Waals surface area contributed by atoms with Crippen LogP contribution in [0.4, 0.5) is 11.5 Å². The maximum absolute atomic E-state index is 13.6. The number of nitrogens with two attached hydrogens (primary N) is 1. The van der Waals surface area contributed by atoms with Crippen molar-refractivity contribution in [2.75, 3.05) is 10.5 Å². The van der Waals surface area contributed by atoms with Gasteiger partial charge in [0.1, 0.15) is 17.8 Å². The number of carbonyl (C=O) groups is 1. The smallest absolute Gasteiger partial charge is 0.262 e. The number of sulfonamides is 1. The van der Waals surface area contributed by atoms with Crippen LogP contribution < -0.4 is 10.5 Å². The quantitative estimate of drug-likeness (QED) is 0.376. The second-order valence-electron chi connectivity index (χ2n) is 9.13. The highest BCUT2D eigenvalue weighted by Gasteiger charge is 2.26. The van der Waals surface area contributed by atoms with Gasteiger partial charge in [-0.1, -0.05) is 37.1 Å². The van der Waals surface area contributed by atoms with Crippen LogP contribution >= 0.6 is 0 Å². The van der Waals surface area contributed by atoms with Crippen molar-refractivity contribution >= 4 is 38.3 Å². The molecule has 0 bridgehead atoms. The first-order valence-electron chi connectivity index (χ1n) is 11.6. The van der Waals surface area contributed by atoms with Crippen molar-refractivity contribution in [1.82, 2.24) is 14.5 Å². The standard InChI is InChI=1S/C26H27N5O3S/c1-16-10-11-17(2)22(12-16)35(33,34)30-19-7-5-6-18(13-19)24(32)21-14-31(20-8-3-4-9-20)26-23(21)25(27)28-15-29-26/h5-7,10-15,20,30H,3-4,8-9H2,1-2H3,(H2,27,28,29). The summed E-state index contributed by atoms with van der Waals surface area (Å²) >= 11 is 0. The van der Waals surface area contributed by atoms with E-state index in [1.165, 1.54) is 6.33 Å². The van der Waals surface area contributed by atoms with Crippen LogP contribution in [-0.4, -0.2) is 28.7 Å². The molecule has 9 heteroatoms. The fourth-order valence-electron chi connectivity index (χ4n) is 4.83. The zero-order chi connectivity index (χ0) is 24.7. The molecule has 2 heterocycles. The van der Waals surface area contributed by atoms with E-state index in [9.17, 15) is 13.2 Å². The lowest BCUT2D eigenvalue weighted by atomic mass is 10.0. The zero-order valence-corrected chi connectivity index (χ0v) is 20.5. The van der Waals surface area contributed by atoms with Crippen molar-refractivity contribution in [3.63, 3.8) is 0 Å². The molecule has 1 aliphatic carbocycles. The largest absolute Gasteiger partial charge is 0.383 e. The molecule has 0 radical (unpaired) electrons. The van der Waals surface area contributed by atoms with Gasteiger partial charge in [-0.15, -0.1) is 0 Å². The Morgan fingerprint density at radius 2 is 1.86 bits per heavy atom. The lowest BCUT2D eigenvalue weighted by Crippen LogP contribution is -2.15. The summed E-state index contributed by atoms with van der Waals surface area (Å²) in [5.41, 5.74) is 9.39. The number of benzene rings is 2. The van der Waals surface area contributed by atoms with Gasteiger partial charge in [-0.3, -0.25) is 9.52 Å². The predicted molar refractivity (Wildman–Crippen MR) is 136 cm³/mol. The van der Waals surface area contributed by atoms with Gasteiger partial charge in [-0.25, -0.2) is 18.4 Å². The van der Waals surface area contributed by atoms with Gasteiger partial charge in [0.15, 0.2) is 5.78 Å². The van der Waals surface area contributed by atoms with Gasteiger partial charge in [-0.05, 0) is 56.0 Å². The van der Waals surface area contributed by atoms with Crippen molar-refractivity contribution in [3.8, 4) is 0 Å². The van der Waals surface area contributed by atoms with E-state index < -0.39 is 10.0 Å². The number of aryl methyl sites for hydroxylation is 2. The van der Waals surface area contributed by atoms with Gasteiger partial charge in [-0.2, -0.15) is 0 Å². The molecule has 1 fully saturated rings. The summed E-state index contributed by atoms with van der Waals surface area (Å²) in [7, 11) is -3.83. The second kappa shape index (κ2) is 8.81. The van der Waals surface area contributed by atoms with Crippen molar-refractivity contribution in [2.45, 2.75) is 50.5 Å². The number of hydrogen-bond donors (Lipinski definition) is 2. The molecule has 2 aromatic carbocycles. The van der Waals surface area contributed by atoms with Gasteiger partial charge >= 0.3 is 0 Å². The number of ketones is 1. The number of nitrogens with zero attached hydrogens (tertiary/aromatic N) is 3. The highest BCUT2D eigenvalue weighted by molar-refractivity contribution is 7.92. The summed E-state index contributed by atoms with van der Waals surface area (Å²) in [6.07, 6.45) is 7.56. The molecule has 1 saturated carbocycles. The topological polar surface area (TPSA) is 120 Å². The average Bonchev–Trinajstić information content (AvgIpc) is 3.49. The second-order valence-corrected chi connectivity index (χ2v) is 10.8. The van der Waals surface area contributed by atoms with Crippen LogP contribution in [-0.2, 0) is 10.0 Å². The van der Waals surface area contributed by atoms with Gasteiger partial charge in [0, 0.05) is 23.5 Å². The molecule has 0 spiro atoms. The van der Waals surface area contributed by atoms with Crippen molar-refractivity contribution in [3.05, 3.63) is 77.2 Å². The normalized spacial score (nSPS) is 14.5. The first-order valence-corrected chi connectivity index (χ1v) is 13.1. The number of nitrogens with one attached hydrogen (secondary N) is 1. The van der Waals surface area contributed by atoms with Crippen LogP contribution in [0.5, 0.6) is 0 Å². The summed E-state index contributed by atoms with van der Waals surface area (Å²) in [5, 5.41) is 0.533. The Balaban J connectivity index is 1.52. The molecule has 3 N–H and O–H groups in total. The van der Waals surface area contributed by atoms with E-state index in [0.29, 0.717) is 33.4 Å². The number of rotatable bonds is 6. The minimum absolute atomic E-state index is 0.207. The van der Waals surface area contributed by atoms with E-state index in [-0.39, 0.29) is 22.5 Å².